The molecule has 2 aromatic rings. The number of methoxy groups -OCH3 is 1. The third-order valence-corrected chi connectivity index (χ3v) is 4.04. The first-order chi connectivity index (χ1) is 8.38. The summed E-state index contributed by atoms with van der Waals surface area (Å²) in [5.41, 5.74) is 1.21. The fourth-order valence-electron chi connectivity index (χ4n) is 1.41. The SMILES string of the molecule is COc1ccc(/C=C/[Se]c2ccccc2)cc1. The van der Waals surface area contributed by atoms with Gasteiger partial charge in [-0.2, -0.15) is 0 Å². The first-order valence-corrected chi connectivity index (χ1v) is 7.25. The summed E-state index contributed by atoms with van der Waals surface area (Å²) in [5, 5.41) is 0. The standard InChI is InChI=1S/C15H14OSe/c1-16-14-9-7-13(8-10-14)11-12-17-15-5-3-2-4-6-15/h2-12H,1H3/b12-11+. The monoisotopic (exact) mass is 290 g/mol. The van der Waals surface area contributed by atoms with Crippen LogP contribution in [0.25, 0.3) is 6.08 Å². The van der Waals surface area contributed by atoms with Gasteiger partial charge in [0.05, 0.1) is 0 Å². The molecule has 86 valence electrons. The van der Waals surface area contributed by atoms with Gasteiger partial charge in [-0.1, -0.05) is 0 Å². The van der Waals surface area contributed by atoms with Crippen LogP contribution in [0.1, 0.15) is 5.56 Å². The molecule has 0 aromatic heterocycles. The minimum atomic E-state index is 0.404. The van der Waals surface area contributed by atoms with Crippen LogP contribution in [-0.2, 0) is 0 Å². The van der Waals surface area contributed by atoms with E-state index in [1.807, 2.05) is 18.2 Å². The summed E-state index contributed by atoms with van der Waals surface area (Å²) in [6, 6.07) is 18.6. The molecule has 0 saturated heterocycles. The number of ether oxygens (including phenoxy) is 1. The summed E-state index contributed by atoms with van der Waals surface area (Å²) in [6.45, 7) is 0. The Bertz CT molecular complexity index is 474. The van der Waals surface area contributed by atoms with E-state index in [4.69, 9.17) is 4.74 Å². The molecule has 0 heterocycles. The van der Waals surface area contributed by atoms with Crippen LogP contribution in [0.2, 0.25) is 0 Å². The van der Waals surface area contributed by atoms with Crippen molar-refractivity contribution in [3.05, 3.63) is 65.1 Å². The molecule has 0 aliphatic rings. The fourth-order valence-corrected chi connectivity index (χ4v) is 2.87. The van der Waals surface area contributed by atoms with Crippen LogP contribution in [0.5, 0.6) is 5.75 Å². The average Bonchev–Trinajstić information content (AvgIpc) is 2.41. The van der Waals surface area contributed by atoms with Gasteiger partial charge < -0.3 is 0 Å². The molecule has 1 nitrogen and oxygen atoms in total. The van der Waals surface area contributed by atoms with Crippen LogP contribution >= 0.6 is 0 Å². The van der Waals surface area contributed by atoms with E-state index in [0.717, 1.165) is 5.75 Å². The Labute approximate surface area is 108 Å². The van der Waals surface area contributed by atoms with E-state index < -0.39 is 0 Å². The Morgan fingerprint density at radius 3 is 2.29 bits per heavy atom. The van der Waals surface area contributed by atoms with Crippen molar-refractivity contribution in [2.24, 2.45) is 0 Å². The molecular formula is C15H14OSe. The predicted octanol–water partition coefficient (Wildman–Crippen LogP) is 2.70. The van der Waals surface area contributed by atoms with Crippen LogP contribution in [-0.4, -0.2) is 22.1 Å². The van der Waals surface area contributed by atoms with Gasteiger partial charge in [0.25, 0.3) is 0 Å². The quantitative estimate of drug-likeness (QED) is 0.786. The molecule has 0 aliphatic heterocycles. The van der Waals surface area contributed by atoms with Crippen LogP contribution in [0, 0.1) is 0 Å². The first-order valence-electron chi connectivity index (χ1n) is 5.41. The van der Waals surface area contributed by atoms with Crippen molar-refractivity contribution in [2.75, 3.05) is 7.11 Å². The summed E-state index contributed by atoms with van der Waals surface area (Å²) in [4.78, 5) is 2.24. The van der Waals surface area contributed by atoms with Crippen molar-refractivity contribution < 1.29 is 4.74 Å². The molecule has 0 fully saturated rings. The van der Waals surface area contributed by atoms with E-state index in [-0.39, 0.29) is 0 Å². The Morgan fingerprint density at radius 2 is 1.65 bits per heavy atom. The van der Waals surface area contributed by atoms with Crippen molar-refractivity contribution in [3.63, 3.8) is 0 Å². The second-order valence-electron chi connectivity index (χ2n) is 3.51. The zero-order valence-corrected chi connectivity index (χ0v) is 11.4. The van der Waals surface area contributed by atoms with Crippen molar-refractivity contribution in [1.29, 1.82) is 0 Å². The second kappa shape index (κ2) is 6.29. The van der Waals surface area contributed by atoms with Gasteiger partial charge in [-0.05, 0) is 0 Å². The molecule has 0 amide bonds. The molecule has 2 rings (SSSR count). The molecule has 0 saturated carbocycles. The van der Waals surface area contributed by atoms with Crippen molar-refractivity contribution in [2.45, 2.75) is 0 Å². The molecule has 0 spiro atoms. The molecule has 17 heavy (non-hydrogen) atoms. The molecule has 0 N–H and O–H groups in total. The van der Waals surface area contributed by atoms with Gasteiger partial charge in [-0.25, -0.2) is 0 Å². The molecular weight excluding hydrogens is 275 g/mol. The Balaban J connectivity index is 1.96. The van der Waals surface area contributed by atoms with Gasteiger partial charge in [0.2, 0.25) is 0 Å². The van der Waals surface area contributed by atoms with Gasteiger partial charge >= 0.3 is 108 Å². The van der Waals surface area contributed by atoms with Gasteiger partial charge in [0, 0.05) is 0 Å². The summed E-state index contributed by atoms with van der Waals surface area (Å²) >= 11 is 0.404. The van der Waals surface area contributed by atoms with E-state index in [9.17, 15) is 0 Å². The summed E-state index contributed by atoms with van der Waals surface area (Å²) in [7, 11) is 1.68. The van der Waals surface area contributed by atoms with E-state index >= 15 is 0 Å². The number of hydrogen-bond donors (Lipinski definition) is 0. The van der Waals surface area contributed by atoms with E-state index in [1.165, 1.54) is 10.0 Å². The summed E-state index contributed by atoms with van der Waals surface area (Å²) < 4.78 is 6.52. The van der Waals surface area contributed by atoms with Crippen molar-refractivity contribution in [1.82, 2.24) is 0 Å². The molecule has 0 atom stereocenters. The second-order valence-corrected chi connectivity index (χ2v) is 5.56. The molecule has 0 radical (unpaired) electrons. The molecule has 0 unspecified atom stereocenters. The van der Waals surface area contributed by atoms with Crippen molar-refractivity contribution >= 4 is 25.5 Å². The van der Waals surface area contributed by atoms with Crippen LogP contribution in [0.3, 0.4) is 0 Å². The van der Waals surface area contributed by atoms with Gasteiger partial charge in [-0.3, -0.25) is 0 Å². The maximum atomic E-state index is 5.12. The van der Waals surface area contributed by atoms with Gasteiger partial charge in [0.15, 0.2) is 0 Å². The van der Waals surface area contributed by atoms with Gasteiger partial charge in [-0.15, -0.1) is 0 Å². The maximum absolute atomic E-state index is 5.12. The summed E-state index contributed by atoms with van der Waals surface area (Å²) in [5.74, 6) is 0.899. The summed E-state index contributed by atoms with van der Waals surface area (Å²) in [6.07, 6.45) is 2.16. The van der Waals surface area contributed by atoms with Crippen molar-refractivity contribution in [3.8, 4) is 5.75 Å². The minimum absolute atomic E-state index is 0.404. The van der Waals surface area contributed by atoms with E-state index in [1.54, 1.807) is 7.11 Å². The number of benzene rings is 2. The molecule has 0 bridgehead atoms. The molecule has 0 aliphatic carbocycles. The van der Waals surface area contributed by atoms with E-state index in [0.29, 0.717) is 15.0 Å². The fraction of sp³-hybridized carbons (Fsp3) is 0.0667. The van der Waals surface area contributed by atoms with E-state index in [2.05, 4.69) is 47.4 Å². The third kappa shape index (κ3) is 3.77. The zero-order chi connectivity index (χ0) is 11.9. The first kappa shape index (κ1) is 12.0. The Morgan fingerprint density at radius 1 is 0.941 bits per heavy atom. The van der Waals surface area contributed by atoms with Crippen LogP contribution < -0.4 is 9.20 Å². The van der Waals surface area contributed by atoms with Gasteiger partial charge in [0.1, 0.15) is 0 Å². The van der Waals surface area contributed by atoms with Crippen LogP contribution in [0.4, 0.5) is 0 Å². The Hall–Kier alpha value is -1.50. The number of rotatable bonds is 4. The zero-order valence-electron chi connectivity index (χ0n) is 9.67. The third-order valence-electron chi connectivity index (χ3n) is 2.32. The Kier molecular flexibility index (Phi) is 4.43. The van der Waals surface area contributed by atoms with Crippen LogP contribution in [0.15, 0.2) is 59.6 Å². The molecule has 2 aromatic carbocycles. The predicted molar refractivity (Wildman–Crippen MR) is 73.9 cm³/mol. The average molecular weight is 289 g/mol. The normalized spacial score (nSPS) is 10.6. The number of hydrogen-bond acceptors (Lipinski definition) is 1. The topological polar surface area (TPSA) is 9.23 Å². The molecule has 2 heteroatoms.